The van der Waals surface area contributed by atoms with Gasteiger partial charge < -0.3 is 15.2 Å². The van der Waals surface area contributed by atoms with Gasteiger partial charge in [-0.15, -0.1) is 0 Å². The summed E-state index contributed by atoms with van der Waals surface area (Å²) in [5.74, 6) is 0.825. The molecule has 3 nitrogen and oxygen atoms in total. The summed E-state index contributed by atoms with van der Waals surface area (Å²) in [6, 6.07) is 5.81. The van der Waals surface area contributed by atoms with Gasteiger partial charge in [-0.25, -0.2) is 0 Å². The summed E-state index contributed by atoms with van der Waals surface area (Å²) in [6.45, 7) is 7.70. The van der Waals surface area contributed by atoms with Crippen molar-refractivity contribution in [2.24, 2.45) is 5.73 Å². The minimum atomic E-state index is -0.120. The van der Waals surface area contributed by atoms with E-state index in [-0.39, 0.29) is 5.60 Å². The molecule has 0 aromatic heterocycles. The zero-order valence-electron chi connectivity index (χ0n) is 10.6. The highest BCUT2D eigenvalue weighted by molar-refractivity contribution is 9.10. The lowest BCUT2D eigenvalue weighted by atomic mass is 10.2. The summed E-state index contributed by atoms with van der Waals surface area (Å²) in [4.78, 5) is 0. The van der Waals surface area contributed by atoms with Crippen molar-refractivity contribution in [2.75, 3.05) is 13.2 Å². The first-order valence-electron chi connectivity index (χ1n) is 5.67. The Hall–Kier alpha value is -0.580. The highest BCUT2D eigenvalue weighted by atomic mass is 79.9. The lowest BCUT2D eigenvalue weighted by molar-refractivity contribution is -0.0163. The second-order valence-corrected chi connectivity index (χ2v) is 5.62. The predicted molar refractivity (Wildman–Crippen MR) is 73.2 cm³/mol. The molecule has 4 heteroatoms. The number of hydrogen-bond acceptors (Lipinski definition) is 3. The van der Waals surface area contributed by atoms with Crippen LogP contribution in [0.1, 0.15) is 26.3 Å². The first-order valence-corrected chi connectivity index (χ1v) is 6.47. The fraction of sp³-hybridized carbons (Fsp3) is 0.538. The van der Waals surface area contributed by atoms with Crippen LogP contribution < -0.4 is 10.5 Å². The summed E-state index contributed by atoms with van der Waals surface area (Å²) in [6.07, 6.45) is 0. The smallest absolute Gasteiger partial charge is 0.119 e. The average Bonchev–Trinajstić information content (AvgIpc) is 2.25. The molecule has 0 radical (unpaired) electrons. The Balaban J connectivity index is 2.42. The van der Waals surface area contributed by atoms with Crippen molar-refractivity contribution in [1.82, 2.24) is 0 Å². The summed E-state index contributed by atoms with van der Waals surface area (Å²) in [5, 5.41) is 0. The molecule has 0 heterocycles. The third-order valence-electron chi connectivity index (χ3n) is 2.12. The Bertz CT molecular complexity index is 361. The van der Waals surface area contributed by atoms with Crippen LogP contribution in [-0.4, -0.2) is 18.8 Å². The molecule has 0 aliphatic heterocycles. The Labute approximate surface area is 111 Å². The van der Waals surface area contributed by atoms with Crippen LogP contribution in [-0.2, 0) is 11.3 Å². The van der Waals surface area contributed by atoms with Crippen molar-refractivity contribution in [3.8, 4) is 5.75 Å². The van der Waals surface area contributed by atoms with Crippen LogP contribution in [0.5, 0.6) is 5.75 Å². The molecular formula is C13H20BrNO2. The highest BCUT2D eigenvalue weighted by Crippen LogP contribution is 2.22. The van der Waals surface area contributed by atoms with Crippen LogP contribution in [0.2, 0.25) is 0 Å². The van der Waals surface area contributed by atoms with E-state index in [4.69, 9.17) is 15.2 Å². The molecule has 0 spiro atoms. The van der Waals surface area contributed by atoms with Crippen LogP contribution in [0.25, 0.3) is 0 Å². The van der Waals surface area contributed by atoms with E-state index in [1.807, 2.05) is 39.0 Å². The van der Waals surface area contributed by atoms with E-state index < -0.39 is 0 Å². The molecule has 0 aliphatic rings. The lowest BCUT2D eigenvalue weighted by Crippen LogP contribution is -2.22. The Morgan fingerprint density at radius 2 is 1.94 bits per heavy atom. The van der Waals surface area contributed by atoms with Gasteiger partial charge in [0.25, 0.3) is 0 Å². The SMILES string of the molecule is CC(C)(C)OCCOc1ccc(Br)c(CN)c1. The average molecular weight is 302 g/mol. The van der Waals surface area contributed by atoms with E-state index in [9.17, 15) is 0 Å². The Morgan fingerprint density at radius 1 is 1.24 bits per heavy atom. The van der Waals surface area contributed by atoms with Gasteiger partial charge in [0.15, 0.2) is 0 Å². The van der Waals surface area contributed by atoms with Crippen LogP contribution in [0.3, 0.4) is 0 Å². The third-order valence-corrected chi connectivity index (χ3v) is 2.90. The third kappa shape index (κ3) is 5.52. The Morgan fingerprint density at radius 3 is 2.53 bits per heavy atom. The van der Waals surface area contributed by atoms with Crippen LogP contribution in [0, 0.1) is 0 Å². The molecule has 0 atom stereocenters. The van der Waals surface area contributed by atoms with E-state index in [2.05, 4.69) is 15.9 Å². The fourth-order valence-electron chi connectivity index (χ4n) is 1.30. The van der Waals surface area contributed by atoms with Gasteiger partial charge >= 0.3 is 0 Å². The summed E-state index contributed by atoms with van der Waals surface area (Å²) < 4.78 is 12.2. The number of halogens is 1. The molecule has 0 saturated heterocycles. The maximum Gasteiger partial charge on any atom is 0.119 e. The Kier molecular flexibility index (Phi) is 5.43. The molecule has 1 aromatic carbocycles. The van der Waals surface area contributed by atoms with Crippen molar-refractivity contribution in [1.29, 1.82) is 0 Å². The van der Waals surface area contributed by atoms with E-state index in [0.717, 1.165) is 15.8 Å². The number of nitrogens with two attached hydrogens (primary N) is 1. The summed E-state index contributed by atoms with van der Waals surface area (Å²) in [7, 11) is 0. The molecule has 0 aliphatic carbocycles. The van der Waals surface area contributed by atoms with Gasteiger partial charge in [-0.2, -0.15) is 0 Å². The van der Waals surface area contributed by atoms with E-state index in [1.54, 1.807) is 0 Å². The van der Waals surface area contributed by atoms with Crippen molar-refractivity contribution in [3.63, 3.8) is 0 Å². The quantitative estimate of drug-likeness (QED) is 0.850. The van der Waals surface area contributed by atoms with E-state index >= 15 is 0 Å². The molecule has 0 bridgehead atoms. The standard InChI is InChI=1S/C13H20BrNO2/c1-13(2,3)17-7-6-16-11-4-5-12(14)10(8-11)9-15/h4-5,8H,6-7,9,15H2,1-3H3. The molecule has 0 amide bonds. The monoisotopic (exact) mass is 301 g/mol. The first-order chi connectivity index (χ1) is 7.92. The number of ether oxygens (including phenoxy) is 2. The largest absolute Gasteiger partial charge is 0.491 e. The van der Waals surface area contributed by atoms with Crippen molar-refractivity contribution < 1.29 is 9.47 Å². The second kappa shape index (κ2) is 6.38. The number of rotatable bonds is 5. The molecular weight excluding hydrogens is 282 g/mol. The van der Waals surface area contributed by atoms with E-state index in [0.29, 0.717) is 19.8 Å². The zero-order valence-corrected chi connectivity index (χ0v) is 12.2. The van der Waals surface area contributed by atoms with Gasteiger partial charge in [0.1, 0.15) is 12.4 Å². The fourth-order valence-corrected chi connectivity index (χ4v) is 1.71. The zero-order chi connectivity index (χ0) is 12.9. The minimum Gasteiger partial charge on any atom is -0.491 e. The highest BCUT2D eigenvalue weighted by Gasteiger charge is 2.09. The van der Waals surface area contributed by atoms with Crippen LogP contribution in [0.15, 0.2) is 22.7 Å². The van der Waals surface area contributed by atoms with Crippen molar-refractivity contribution >= 4 is 15.9 Å². The van der Waals surface area contributed by atoms with Gasteiger partial charge in [-0.1, -0.05) is 15.9 Å². The normalized spacial score (nSPS) is 11.6. The minimum absolute atomic E-state index is 0.120. The molecule has 17 heavy (non-hydrogen) atoms. The maximum atomic E-state index is 5.62. The molecule has 96 valence electrons. The summed E-state index contributed by atoms with van der Waals surface area (Å²) >= 11 is 3.44. The van der Waals surface area contributed by atoms with Crippen molar-refractivity contribution in [3.05, 3.63) is 28.2 Å². The molecule has 2 N–H and O–H groups in total. The molecule has 1 aromatic rings. The number of benzene rings is 1. The van der Waals surface area contributed by atoms with Gasteiger partial charge in [0.2, 0.25) is 0 Å². The summed E-state index contributed by atoms with van der Waals surface area (Å²) in [5.41, 5.74) is 6.54. The van der Waals surface area contributed by atoms with Crippen LogP contribution in [0.4, 0.5) is 0 Å². The molecule has 0 unspecified atom stereocenters. The van der Waals surface area contributed by atoms with Gasteiger partial charge in [-0.05, 0) is 44.5 Å². The van der Waals surface area contributed by atoms with Crippen LogP contribution >= 0.6 is 15.9 Å². The first kappa shape index (κ1) is 14.5. The topological polar surface area (TPSA) is 44.5 Å². The predicted octanol–water partition coefficient (Wildman–Crippen LogP) is 3.10. The second-order valence-electron chi connectivity index (χ2n) is 4.77. The van der Waals surface area contributed by atoms with Crippen molar-refractivity contribution in [2.45, 2.75) is 32.9 Å². The number of hydrogen-bond donors (Lipinski definition) is 1. The maximum absolute atomic E-state index is 5.62. The molecule has 0 fully saturated rings. The molecule has 0 saturated carbocycles. The van der Waals surface area contributed by atoms with Gasteiger partial charge in [0, 0.05) is 11.0 Å². The lowest BCUT2D eigenvalue weighted by Gasteiger charge is -2.19. The van der Waals surface area contributed by atoms with Gasteiger partial charge in [0.05, 0.1) is 12.2 Å². The molecule has 1 rings (SSSR count). The van der Waals surface area contributed by atoms with Gasteiger partial charge in [-0.3, -0.25) is 0 Å². The van der Waals surface area contributed by atoms with E-state index in [1.165, 1.54) is 0 Å².